The van der Waals surface area contributed by atoms with Crippen LogP contribution in [-0.2, 0) is 16.9 Å². The molecule has 112 valence electrons. The Balaban J connectivity index is 2.06. The highest BCUT2D eigenvalue weighted by Crippen LogP contribution is 2.26. The van der Waals surface area contributed by atoms with Crippen LogP contribution in [-0.4, -0.2) is 10.9 Å². The summed E-state index contributed by atoms with van der Waals surface area (Å²) in [7, 11) is 0. The smallest absolute Gasteiger partial charge is 0.221 e. The summed E-state index contributed by atoms with van der Waals surface area (Å²) in [6.07, 6.45) is 2.80. The van der Waals surface area contributed by atoms with Crippen molar-refractivity contribution >= 4 is 22.9 Å². The van der Waals surface area contributed by atoms with Crippen LogP contribution in [0.2, 0.25) is 0 Å². The van der Waals surface area contributed by atoms with Gasteiger partial charge < -0.3 is 10.6 Å². The van der Waals surface area contributed by atoms with E-state index in [9.17, 15) is 4.79 Å². The first-order chi connectivity index (χ1) is 10.0. The highest BCUT2D eigenvalue weighted by Gasteiger charge is 2.26. The van der Waals surface area contributed by atoms with Crippen molar-refractivity contribution in [2.45, 2.75) is 39.3 Å². The lowest BCUT2D eigenvalue weighted by Crippen LogP contribution is -2.38. The third-order valence-corrected chi connectivity index (χ3v) is 4.58. The summed E-state index contributed by atoms with van der Waals surface area (Å²) in [6, 6.07) is 7.89. The maximum atomic E-state index is 11.1. The number of rotatable bonds is 6. The first-order valence-electron chi connectivity index (χ1n) is 7.05. The van der Waals surface area contributed by atoms with Crippen LogP contribution in [0.25, 0.3) is 0 Å². The third kappa shape index (κ3) is 4.12. The third-order valence-electron chi connectivity index (χ3n) is 3.54. The number of carbonyl (C=O) groups is 1. The molecule has 1 atom stereocenters. The van der Waals surface area contributed by atoms with Crippen LogP contribution in [0.15, 0.2) is 35.8 Å². The van der Waals surface area contributed by atoms with E-state index in [1.165, 1.54) is 6.92 Å². The maximum absolute atomic E-state index is 11.1. The number of thiazole rings is 1. The fourth-order valence-corrected chi connectivity index (χ4v) is 2.96. The molecule has 0 aliphatic heterocycles. The van der Waals surface area contributed by atoms with Crippen molar-refractivity contribution < 1.29 is 4.79 Å². The van der Waals surface area contributed by atoms with E-state index in [1.54, 1.807) is 11.3 Å². The zero-order valence-electron chi connectivity index (χ0n) is 12.6. The largest absolute Gasteiger partial charge is 0.326 e. The molecule has 0 spiro atoms. The second-order valence-electron chi connectivity index (χ2n) is 5.26. The minimum Gasteiger partial charge on any atom is -0.326 e. The van der Waals surface area contributed by atoms with Crippen molar-refractivity contribution in [3.8, 4) is 0 Å². The van der Waals surface area contributed by atoms with Gasteiger partial charge in [-0.15, -0.1) is 11.3 Å². The minimum atomic E-state index is -0.127. The summed E-state index contributed by atoms with van der Waals surface area (Å²) >= 11 is 1.67. The Morgan fingerprint density at radius 3 is 2.86 bits per heavy atom. The summed E-state index contributed by atoms with van der Waals surface area (Å²) in [5.41, 5.74) is 1.84. The van der Waals surface area contributed by atoms with E-state index in [0.29, 0.717) is 0 Å². The van der Waals surface area contributed by atoms with Crippen molar-refractivity contribution in [1.82, 2.24) is 10.3 Å². The zero-order chi connectivity index (χ0) is 15.3. The van der Waals surface area contributed by atoms with Gasteiger partial charge in [-0.2, -0.15) is 0 Å². The van der Waals surface area contributed by atoms with E-state index < -0.39 is 0 Å². The molecule has 1 aromatic carbocycles. The van der Waals surface area contributed by atoms with Crippen LogP contribution in [0, 0.1) is 0 Å². The van der Waals surface area contributed by atoms with Crippen LogP contribution in [0.4, 0.5) is 5.69 Å². The quantitative estimate of drug-likeness (QED) is 0.858. The Bertz CT molecular complexity index is 597. The van der Waals surface area contributed by atoms with Gasteiger partial charge in [0.1, 0.15) is 5.01 Å². The minimum absolute atomic E-state index is 0.0544. The number of nitrogens with zero attached hydrogens (tertiary/aromatic N) is 1. The summed E-state index contributed by atoms with van der Waals surface area (Å²) in [6.45, 7) is 6.57. The van der Waals surface area contributed by atoms with Gasteiger partial charge in [-0.25, -0.2) is 4.98 Å². The van der Waals surface area contributed by atoms with E-state index in [4.69, 9.17) is 0 Å². The van der Waals surface area contributed by atoms with E-state index in [-0.39, 0.29) is 11.4 Å². The van der Waals surface area contributed by atoms with Crippen molar-refractivity contribution in [2.75, 3.05) is 5.32 Å². The first-order valence-corrected chi connectivity index (χ1v) is 7.93. The zero-order valence-corrected chi connectivity index (χ0v) is 13.5. The maximum Gasteiger partial charge on any atom is 0.221 e. The number of carbonyl (C=O) groups excluding carboxylic acids is 1. The molecular formula is C16H21N3OS. The summed E-state index contributed by atoms with van der Waals surface area (Å²) in [5.74, 6) is -0.0544. The molecule has 1 unspecified atom stereocenters. The Morgan fingerprint density at radius 1 is 1.43 bits per heavy atom. The lowest BCUT2D eigenvalue weighted by Gasteiger charge is -2.27. The molecule has 0 aliphatic rings. The van der Waals surface area contributed by atoms with E-state index in [1.807, 2.05) is 29.8 Å². The molecule has 2 N–H and O–H groups in total. The standard InChI is InChI=1S/C16H21N3OS/c1-4-16(3,15-17-8-9-21-15)18-11-13-6-5-7-14(10-13)19-12(2)20/h5-10,18H,4,11H2,1-3H3,(H,19,20). The number of aromatic nitrogens is 1. The summed E-state index contributed by atoms with van der Waals surface area (Å²) in [4.78, 5) is 15.5. The molecule has 21 heavy (non-hydrogen) atoms. The normalized spacial score (nSPS) is 13.7. The molecule has 5 heteroatoms. The molecule has 0 saturated heterocycles. The van der Waals surface area contributed by atoms with Gasteiger partial charge >= 0.3 is 0 Å². The highest BCUT2D eigenvalue weighted by molar-refractivity contribution is 7.09. The Kier molecular flexibility index (Phi) is 5.09. The van der Waals surface area contributed by atoms with Crippen molar-refractivity contribution in [3.63, 3.8) is 0 Å². The lowest BCUT2D eigenvalue weighted by atomic mass is 9.99. The SMILES string of the molecule is CCC(C)(NCc1cccc(NC(C)=O)c1)c1nccs1. The van der Waals surface area contributed by atoms with E-state index >= 15 is 0 Å². The number of hydrogen-bond acceptors (Lipinski definition) is 4. The Labute approximate surface area is 129 Å². The highest BCUT2D eigenvalue weighted by atomic mass is 32.1. The van der Waals surface area contributed by atoms with Crippen LogP contribution >= 0.6 is 11.3 Å². The lowest BCUT2D eigenvalue weighted by molar-refractivity contribution is -0.114. The average molecular weight is 303 g/mol. The number of hydrogen-bond donors (Lipinski definition) is 2. The first kappa shape index (κ1) is 15.7. The monoisotopic (exact) mass is 303 g/mol. The molecule has 2 rings (SSSR count). The molecule has 1 heterocycles. The molecule has 0 bridgehead atoms. The number of anilines is 1. The van der Waals surface area contributed by atoms with Crippen molar-refractivity contribution in [2.24, 2.45) is 0 Å². The fourth-order valence-electron chi connectivity index (χ4n) is 2.11. The molecule has 0 saturated carbocycles. The van der Waals surface area contributed by atoms with E-state index in [0.717, 1.165) is 29.2 Å². The van der Waals surface area contributed by atoms with Gasteiger partial charge in [-0.05, 0) is 31.0 Å². The van der Waals surface area contributed by atoms with Gasteiger partial charge in [-0.3, -0.25) is 4.79 Å². The van der Waals surface area contributed by atoms with Crippen LogP contribution in [0.5, 0.6) is 0 Å². The van der Waals surface area contributed by atoms with Gasteiger partial charge in [0, 0.05) is 30.7 Å². The van der Waals surface area contributed by atoms with Crippen LogP contribution in [0.3, 0.4) is 0 Å². The summed E-state index contributed by atoms with van der Waals surface area (Å²) in [5, 5.41) is 9.49. The van der Waals surface area contributed by atoms with E-state index in [2.05, 4.69) is 35.5 Å². The molecule has 0 fully saturated rings. The molecule has 1 amide bonds. The fraction of sp³-hybridized carbons (Fsp3) is 0.375. The van der Waals surface area contributed by atoms with Gasteiger partial charge in [0.2, 0.25) is 5.91 Å². The summed E-state index contributed by atoms with van der Waals surface area (Å²) < 4.78 is 0. The molecule has 1 aromatic heterocycles. The van der Waals surface area contributed by atoms with Crippen molar-refractivity contribution in [1.29, 1.82) is 0 Å². The predicted octanol–water partition coefficient (Wildman–Crippen LogP) is 3.52. The average Bonchev–Trinajstić information content (AvgIpc) is 2.99. The molecular weight excluding hydrogens is 282 g/mol. The van der Waals surface area contributed by atoms with Gasteiger partial charge in [0.15, 0.2) is 0 Å². The van der Waals surface area contributed by atoms with Gasteiger partial charge in [0.05, 0.1) is 5.54 Å². The number of amides is 1. The predicted molar refractivity (Wildman–Crippen MR) is 87.3 cm³/mol. The van der Waals surface area contributed by atoms with Crippen molar-refractivity contribution in [3.05, 3.63) is 46.4 Å². The number of nitrogens with one attached hydrogen (secondary N) is 2. The van der Waals surface area contributed by atoms with Gasteiger partial charge in [-0.1, -0.05) is 19.1 Å². The Morgan fingerprint density at radius 2 is 2.24 bits per heavy atom. The molecule has 4 nitrogen and oxygen atoms in total. The molecule has 2 aromatic rings. The number of benzene rings is 1. The van der Waals surface area contributed by atoms with Crippen LogP contribution in [0.1, 0.15) is 37.8 Å². The van der Waals surface area contributed by atoms with Gasteiger partial charge in [0.25, 0.3) is 0 Å². The topological polar surface area (TPSA) is 54.0 Å². The second-order valence-corrected chi connectivity index (χ2v) is 6.15. The second kappa shape index (κ2) is 6.83. The Hall–Kier alpha value is -1.72. The molecule has 0 radical (unpaired) electrons. The molecule has 0 aliphatic carbocycles. The van der Waals surface area contributed by atoms with Crippen LogP contribution < -0.4 is 10.6 Å².